The van der Waals surface area contributed by atoms with Crippen LogP contribution in [0.1, 0.15) is 61.1 Å². The fraction of sp³-hybridized carbons (Fsp3) is 0.543. The number of aliphatic hydroxyl groups is 1. The first kappa shape index (κ1) is 29.6. The van der Waals surface area contributed by atoms with E-state index in [9.17, 15) is 9.50 Å². The molecule has 3 N–H and O–H groups in total. The first-order chi connectivity index (χ1) is 22.7. The topological polar surface area (TPSA) is 85.8 Å². The standard InChI is InChI=1S/C35H38F4N6O2/c36-25-4-1-19-9-22(46)10-23(27(19)29(25)38)28-26(37)11-24-31(30(28)39)42-33(43-32(24)45-12-20-2-3-21(13-45)41-20)47-18-34(5-6-34)16-44-8-7-35(17-44)14-40-15-35/h1,4,9,11,20-21,23,40-41,46H,2-3,5-8,10,12-18H2. The van der Waals surface area contributed by atoms with E-state index in [0.717, 1.165) is 64.5 Å². The lowest BCUT2D eigenvalue weighted by Gasteiger charge is -2.39. The summed E-state index contributed by atoms with van der Waals surface area (Å²) >= 11 is 0. The molecule has 1 spiro atoms. The van der Waals surface area contributed by atoms with Gasteiger partial charge in [0.15, 0.2) is 17.5 Å². The summed E-state index contributed by atoms with van der Waals surface area (Å²) in [5.41, 5.74) is -0.233. The zero-order valence-corrected chi connectivity index (χ0v) is 26.1. The molecule has 1 aromatic heterocycles. The quantitative estimate of drug-likeness (QED) is 0.308. The molecule has 8 nitrogen and oxygen atoms in total. The first-order valence-corrected chi connectivity index (χ1v) is 16.8. The molecule has 0 amide bonds. The van der Waals surface area contributed by atoms with E-state index in [1.54, 1.807) is 0 Å². The monoisotopic (exact) mass is 650 g/mol. The molecular formula is C35H38F4N6O2. The van der Waals surface area contributed by atoms with Crippen molar-refractivity contribution in [2.24, 2.45) is 10.8 Å². The van der Waals surface area contributed by atoms with Crippen LogP contribution in [0.5, 0.6) is 6.01 Å². The van der Waals surface area contributed by atoms with E-state index in [4.69, 9.17) is 9.72 Å². The van der Waals surface area contributed by atoms with E-state index in [-0.39, 0.29) is 57.7 Å². The molecule has 47 heavy (non-hydrogen) atoms. The molecule has 4 aliphatic heterocycles. The van der Waals surface area contributed by atoms with Crippen molar-refractivity contribution < 1.29 is 27.4 Å². The number of rotatable bonds is 7. The number of benzene rings is 2. The van der Waals surface area contributed by atoms with Gasteiger partial charge in [-0.25, -0.2) is 17.6 Å². The van der Waals surface area contributed by atoms with Crippen LogP contribution in [0.25, 0.3) is 17.0 Å². The van der Waals surface area contributed by atoms with Gasteiger partial charge in [-0.05, 0) is 62.4 Å². The van der Waals surface area contributed by atoms with Gasteiger partial charge in [0.2, 0.25) is 0 Å². The van der Waals surface area contributed by atoms with Crippen molar-refractivity contribution in [3.05, 3.63) is 63.9 Å². The highest BCUT2D eigenvalue weighted by Gasteiger charge is 2.49. The average Bonchev–Trinajstić information content (AvgIpc) is 3.51. The van der Waals surface area contributed by atoms with Gasteiger partial charge in [-0.1, -0.05) is 6.07 Å². The summed E-state index contributed by atoms with van der Waals surface area (Å²) in [6.45, 7) is 6.89. The van der Waals surface area contributed by atoms with E-state index < -0.39 is 34.8 Å². The number of anilines is 1. The number of aliphatic hydroxyl groups excluding tert-OH is 1. The Kier molecular flexibility index (Phi) is 6.79. The highest BCUT2D eigenvalue weighted by Crippen LogP contribution is 2.49. The summed E-state index contributed by atoms with van der Waals surface area (Å²) in [5, 5.41) is 17.7. The van der Waals surface area contributed by atoms with Crippen LogP contribution in [0.15, 0.2) is 24.0 Å². The normalized spacial score (nSPS) is 27.2. The summed E-state index contributed by atoms with van der Waals surface area (Å²) in [6, 6.07) is 3.95. The molecule has 2 bridgehead atoms. The Morgan fingerprint density at radius 3 is 2.45 bits per heavy atom. The second kappa shape index (κ2) is 10.8. The van der Waals surface area contributed by atoms with Crippen LogP contribution in [0.3, 0.4) is 0 Å². The lowest BCUT2D eigenvalue weighted by molar-refractivity contribution is 0.137. The lowest BCUT2D eigenvalue weighted by atomic mass is 9.80. The molecular weight excluding hydrogens is 612 g/mol. The smallest absolute Gasteiger partial charge is 0.319 e. The maximum Gasteiger partial charge on any atom is 0.319 e. The van der Waals surface area contributed by atoms with Crippen molar-refractivity contribution in [3.8, 4) is 6.01 Å². The number of hydrogen-bond acceptors (Lipinski definition) is 8. The van der Waals surface area contributed by atoms with Crippen molar-refractivity contribution in [1.82, 2.24) is 25.5 Å². The molecule has 9 rings (SSSR count). The molecule has 0 radical (unpaired) electrons. The van der Waals surface area contributed by atoms with Crippen molar-refractivity contribution in [2.45, 2.75) is 56.5 Å². The highest BCUT2D eigenvalue weighted by molar-refractivity contribution is 5.91. The Morgan fingerprint density at radius 1 is 0.957 bits per heavy atom. The molecule has 2 aliphatic carbocycles. The number of allylic oxidation sites excluding steroid dienone is 1. The van der Waals surface area contributed by atoms with Crippen molar-refractivity contribution >= 4 is 22.8 Å². The molecule has 4 saturated heterocycles. The Bertz CT molecular complexity index is 1800. The second-order valence-electron chi connectivity index (χ2n) is 15.0. The molecule has 5 fully saturated rings. The van der Waals surface area contributed by atoms with Gasteiger partial charge >= 0.3 is 6.01 Å². The number of nitrogens with one attached hydrogen (secondary N) is 2. The minimum atomic E-state index is -1.29. The SMILES string of the molecule is OC1=Cc2ccc(F)c(F)c2C(c2c(F)cc3c(N4CC5CCC(C4)N5)nc(OCC4(CN5CCC6(CNC6)C5)CC4)nc3c2F)C1. The van der Waals surface area contributed by atoms with Crippen LogP contribution in [0.4, 0.5) is 23.4 Å². The number of likely N-dealkylation sites (tertiary alicyclic amines) is 1. The van der Waals surface area contributed by atoms with Gasteiger partial charge in [0.05, 0.1) is 12.4 Å². The molecule has 248 valence electrons. The molecule has 3 aromatic rings. The summed E-state index contributed by atoms with van der Waals surface area (Å²) in [6.07, 6.45) is 6.30. The van der Waals surface area contributed by atoms with E-state index >= 15 is 13.2 Å². The van der Waals surface area contributed by atoms with Gasteiger partial charge in [-0.15, -0.1) is 0 Å². The second-order valence-corrected chi connectivity index (χ2v) is 15.0. The number of aromatic nitrogens is 2. The van der Waals surface area contributed by atoms with Crippen LogP contribution >= 0.6 is 0 Å². The Hall–Kier alpha value is -3.48. The Morgan fingerprint density at radius 2 is 1.74 bits per heavy atom. The molecule has 12 heteroatoms. The third kappa shape index (κ3) is 5.05. The van der Waals surface area contributed by atoms with Crippen LogP contribution in [-0.2, 0) is 0 Å². The fourth-order valence-corrected chi connectivity index (χ4v) is 8.77. The first-order valence-electron chi connectivity index (χ1n) is 16.8. The van der Waals surface area contributed by atoms with Crippen LogP contribution in [0, 0.1) is 34.1 Å². The zero-order valence-electron chi connectivity index (χ0n) is 26.1. The number of halogens is 4. The predicted molar refractivity (Wildman–Crippen MR) is 169 cm³/mol. The molecule has 2 aromatic carbocycles. The highest BCUT2D eigenvalue weighted by atomic mass is 19.2. The Labute approximate surface area is 270 Å². The molecule has 1 saturated carbocycles. The van der Waals surface area contributed by atoms with Crippen molar-refractivity contribution in [3.63, 3.8) is 0 Å². The maximum absolute atomic E-state index is 16.8. The fourth-order valence-electron chi connectivity index (χ4n) is 8.77. The zero-order chi connectivity index (χ0) is 32.1. The minimum Gasteiger partial charge on any atom is -0.512 e. The Balaban J connectivity index is 1.09. The lowest BCUT2D eigenvalue weighted by Crippen LogP contribution is -2.54. The van der Waals surface area contributed by atoms with Crippen molar-refractivity contribution in [1.29, 1.82) is 0 Å². The largest absolute Gasteiger partial charge is 0.512 e. The molecule has 3 atom stereocenters. The van der Waals surface area contributed by atoms with Crippen molar-refractivity contribution in [2.75, 3.05) is 57.3 Å². The van der Waals surface area contributed by atoms with Gasteiger partial charge in [-0.2, -0.15) is 9.97 Å². The van der Waals surface area contributed by atoms with E-state index in [2.05, 4.69) is 25.4 Å². The van der Waals surface area contributed by atoms with E-state index in [0.29, 0.717) is 30.9 Å². The van der Waals surface area contributed by atoms with E-state index in [1.807, 2.05) is 0 Å². The van der Waals surface area contributed by atoms with Gasteiger partial charge in [0.1, 0.15) is 17.2 Å². The van der Waals surface area contributed by atoms with Gasteiger partial charge in [-0.3, -0.25) is 0 Å². The number of fused-ring (bicyclic) bond motifs is 4. The summed E-state index contributed by atoms with van der Waals surface area (Å²) in [7, 11) is 0. The molecule has 3 unspecified atom stereocenters. The summed E-state index contributed by atoms with van der Waals surface area (Å²) in [5.74, 6) is -5.30. The maximum atomic E-state index is 16.8. The van der Waals surface area contributed by atoms with Gasteiger partial charge < -0.3 is 30.3 Å². The van der Waals surface area contributed by atoms with Crippen LogP contribution < -0.4 is 20.3 Å². The molecule has 6 aliphatic rings. The molecule has 5 heterocycles. The number of nitrogens with zero attached hydrogens (tertiary/aromatic N) is 4. The summed E-state index contributed by atoms with van der Waals surface area (Å²) in [4.78, 5) is 13.9. The van der Waals surface area contributed by atoms with Gasteiger partial charge in [0, 0.05) is 91.0 Å². The summed E-state index contributed by atoms with van der Waals surface area (Å²) < 4.78 is 68.8. The van der Waals surface area contributed by atoms with E-state index in [1.165, 1.54) is 24.6 Å². The number of piperazine rings is 1. The van der Waals surface area contributed by atoms with Crippen LogP contribution in [0.2, 0.25) is 0 Å². The third-order valence-electron chi connectivity index (χ3n) is 11.5. The minimum absolute atomic E-state index is 0.0148. The predicted octanol–water partition coefficient (Wildman–Crippen LogP) is 5.02. The number of ether oxygens (including phenoxy) is 1. The third-order valence-corrected chi connectivity index (χ3v) is 11.5. The van der Waals surface area contributed by atoms with Crippen LogP contribution in [-0.4, -0.2) is 84.5 Å². The van der Waals surface area contributed by atoms with Gasteiger partial charge in [0.25, 0.3) is 0 Å². The number of hydrogen-bond donors (Lipinski definition) is 3. The average molecular weight is 651 g/mol.